The van der Waals surface area contributed by atoms with Crippen LogP contribution in [0.1, 0.15) is 0 Å². The zero-order valence-corrected chi connectivity index (χ0v) is 16.2. The van der Waals surface area contributed by atoms with Crippen LogP contribution in [0.3, 0.4) is 0 Å². The molecule has 0 saturated carbocycles. The summed E-state index contributed by atoms with van der Waals surface area (Å²) in [4.78, 5) is 22.0. The van der Waals surface area contributed by atoms with E-state index in [1.165, 1.54) is 0 Å². The maximum Gasteiger partial charge on any atom is 0.334 e. The van der Waals surface area contributed by atoms with Crippen LogP contribution in [-0.2, 0) is 14.1 Å². The molecule has 8 heteroatoms. The second-order valence-electron chi connectivity index (χ2n) is 6.83. The van der Waals surface area contributed by atoms with Gasteiger partial charge in [-0.15, -0.1) is 0 Å². The Balaban J connectivity index is 1.94. The lowest BCUT2D eigenvalue weighted by Crippen LogP contribution is -2.21. The summed E-state index contributed by atoms with van der Waals surface area (Å²) in [7, 11) is 5.24. The smallest absolute Gasteiger partial charge is 0.334 e. The highest BCUT2D eigenvalue weighted by Gasteiger charge is 2.19. The maximum absolute atomic E-state index is 13.0. The Bertz CT molecular complexity index is 1430. The van der Waals surface area contributed by atoms with E-state index in [2.05, 4.69) is 15.1 Å². The molecule has 29 heavy (non-hydrogen) atoms. The molecule has 0 aliphatic heterocycles. The molecule has 0 aliphatic carbocycles. The number of aryl methyl sites for hydroxylation is 2. The van der Waals surface area contributed by atoms with E-state index in [-0.39, 0.29) is 5.69 Å². The van der Waals surface area contributed by atoms with Crippen LogP contribution in [0.2, 0.25) is 0 Å². The number of imidazole rings is 1. The number of hydrogen-bond acceptors (Lipinski definition) is 5. The first-order valence-electron chi connectivity index (χ1n) is 9.07. The third-order valence-electron chi connectivity index (χ3n) is 5.10. The van der Waals surface area contributed by atoms with Crippen LogP contribution in [0.5, 0.6) is 5.75 Å². The van der Waals surface area contributed by atoms with Crippen LogP contribution in [0.15, 0.2) is 59.9 Å². The number of pyridine rings is 2. The molecule has 4 heterocycles. The minimum absolute atomic E-state index is 0.174. The van der Waals surface area contributed by atoms with Crippen LogP contribution in [-0.4, -0.2) is 36.0 Å². The van der Waals surface area contributed by atoms with Crippen LogP contribution >= 0.6 is 0 Å². The van der Waals surface area contributed by atoms with Gasteiger partial charge < -0.3 is 4.74 Å². The van der Waals surface area contributed by atoms with E-state index in [0.717, 1.165) is 33.1 Å². The molecule has 0 unspecified atom stereocenters. The monoisotopic (exact) mass is 386 g/mol. The molecule has 5 aromatic rings. The van der Waals surface area contributed by atoms with Gasteiger partial charge in [-0.2, -0.15) is 5.10 Å². The number of rotatable bonds is 3. The molecule has 0 spiro atoms. The zero-order chi connectivity index (χ0) is 20.1. The second-order valence-corrected chi connectivity index (χ2v) is 6.83. The van der Waals surface area contributed by atoms with Crippen LogP contribution < -0.4 is 10.4 Å². The normalized spacial score (nSPS) is 11.4. The molecule has 4 aromatic heterocycles. The fraction of sp³-hybridized carbons (Fsp3) is 0.143. The van der Waals surface area contributed by atoms with Crippen molar-refractivity contribution < 1.29 is 4.74 Å². The van der Waals surface area contributed by atoms with E-state index in [1.54, 1.807) is 46.6 Å². The summed E-state index contributed by atoms with van der Waals surface area (Å²) < 4.78 is 10.6. The van der Waals surface area contributed by atoms with Crippen molar-refractivity contribution in [2.24, 2.45) is 14.1 Å². The number of fused-ring (bicyclic) bond motifs is 3. The van der Waals surface area contributed by atoms with Gasteiger partial charge in [0.05, 0.1) is 36.1 Å². The van der Waals surface area contributed by atoms with Crippen LogP contribution in [0, 0.1) is 0 Å². The first-order valence-corrected chi connectivity index (χ1v) is 9.07. The molecule has 0 amide bonds. The molecule has 0 radical (unpaired) electrons. The summed E-state index contributed by atoms with van der Waals surface area (Å²) >= 11 is 0. The highest BCUT2D eigenvalue weighted by atomic mass is 16.5. The van der Waals surface area contributed by atoms with Gasteiger partial charge in [0.15, 0.2) is 0 Å². The molecule has 8 nitrogen and oxygen atoms in total. The molecular weight excluding hydrogens is 368 g/mol. The van der Waals surface area contributed by atoms with Crippen molar-refractivity contribution >= 4 is 21.9 Å². The Morgan fingerprint density at radius 1 is 1.07 bits per heavy atom. The van der Waals surface area contributed by atoms with Gasteiger partial charge in [0, 0.05) is 49.1 Å². The fourth-order valence-electron chi connectivity index (χ4n) is 3.68. The quantitative estimate of drug-likeness (QED) is 0.476. The van der Waals surface area contributed by atoms with Crippen molar-refractivity contribution in [3.63, 3.8) is 0 Å². The minimum Gasteiger partial charge on any atom is -0.496 e. The number of hydrogen-bond donors (Lipinski definition) is 0. The van der Waals surface area contributed by atoms with E-state index >= 15 is 0 Å². The van der Waals surface area contributed by atoms with E-state index in [9.17, 15) is 4.79 Å². The molecule has 1 aromatic carbocycles. The summed E-state index contributed by atoms with van der Waals surface area (Å²) in [5.74, 6) is 1.26. The summed E-state index contributed by atoms with van der Waals surface area (Å²) in [6.45, 7) is 0. The lowest BCUT2D eigenvalue weighted by Gasteiger charge is -2.11. The van der Waals surface area contributed by atoms with Gasteiger partial charge in [0.25, 0.3) is 0 Å². The number of aromatic nitrogens is 6. The Morgan fingerprint density at radius 2 is 1.93 bits per heavy atom. The Hall–Kier alpha value is -3.94. The third-order valence-corrected chi connectivity index (χ3v) is 5.10. The fourth-order valence-corrected chi connectivity index (χ4v) is 3.68. The van der Waals surface area contributed by atoms with Crippen molar-refractivity contribution in [2.75, 3.05) is 7.11 Å². The first-order chi connectivity index (χ1) is 14.1. The van der Waals surface area contributed by atoms with Crippen molar-refractivity contribution in [3.8, 4) is 22.7 Å². The Kier molecular flexibility index (Phi) is 3.73. The molecule has 0 atom stereocenters. The van der Waals surface area contributed by atoms with Gasteiger partial charge in [0.2, 0.25) is 0 Å². The highest BCUT2D eigenvalue weighted by Crippen LogP contribution is 2.36. The van der Waals surface area contributed by atoms with Gasteiger partial charge in [-0.05, 0) is 18.2 Å². The van der Waals surface area contributed by atoms with E-state index in [0.29, 0.717) is 11.6 Å². The van der Waals surface area contributed by atoms with E-state index in [1.807, 2.05) is 43.6 Å². The van der Waals surface area contributed by atoms with Gasteiger partial charge in [0.1, 0.15) is 11.6 Å². The van der Waals surface area contributed by atoms with Gasteiger partial charge >= 0.3 is 5.69 Å². The van der Waals surface area contributed by atoms with E-state index in [4.69, 9.17) is 4.74 Å². The van der Waals surface area contributed by atoms with Crippen LogP contribution in [0.4, 0.5) is 0 Å². The Labute approximate surface area is 165 Å². The molecule has 0 N–H and O–H groups in total. The molecule has 0 aliphatic rings. The highest BCUT2D eigenvalue weighted by molar-refractivity contribution is 6.05. The van der Waals surface area contributed by atoms with Crippen molar-refractivity contribution in [2.45, 2.75) is 0 Å². The number of ether oxygens (including phenoxy) is 1. The molecular formula is C21H18N6O2. The van der Waals surface area contributed by atoms with Crippen molar-refractivity contribution in [1.29, 1.82) is 0 Å². The number of benzene rings is 1. The lowest BCUT2D eigenvalue weighted by molar-refractivity contribution is 0.417. The largest absolute Gasteiger partial charge is 0.496 e. The zero-order valence-electron chi connectivity index (χ0n) is 16.2. The lowest BCUT2D eigenvalue weighted by atomic mass is 10.0. The molecule has 0 saturated heterocycles. The van der Waals surface area contributed by atoms with Crippen molar-refractivity contribution in [1.82, 2.24) is 28.9 Å². The summed E-state index contributed by atoms with van der Waals surface area (Å²) in [5.41, 5.74) is 3.85. The first kappa shape index (κ1) is 17.2. The number of methoxy groups -OCH3 is 1. The Morgan fingerprint density at radius 3 is 2.62 bits per heavy atom. The molecule has 0 bridgehead atoms. The predicted octanol–water partition coefficient (Wildman–Crippen LogP) is 2.68. The number of nitrogens with zero attached hydrogens (tertiary/aromatic N) is 6. The van der Waals surface area contributed by atoms with E-state index < -0.39 is 0 Å². The third kappa shape index (κ3) is 2.53. The second kappa shape index (κ2) is 6.30. The van der Waals surface area contributed by atoms with Gasteiger partial charge in [-0.3, -0.25) is 14.2 Å². The summed E-state index contributed by atoms with van der Waals surface area (Å²) in [6, 6.07) is 9.39. The average molecular weight is 386 g/mol. The SMILES string of the molecule is COc1cc2ncc3c(c2cc1-c1cnn(C)c1)n(-c1ccccn1)c(=O)n3C. The molecule has 0 fully saturated rings. The van der Waals surface area contributed by atoms with Gasteiger partial charge in [-0.1, -0.05) is 6.07 Å². The minimum atomic E-state index is -0.174. The van der Waals surface area contributed by atoms with Crippen molar-refractivity contribution in [3.05, 3.63) is 65.6 Å². The predicted molar refractivity (Wildman–Crippen MR) is 110 cm³/mol. The summed E-state index contributed by atoms with van der Waals surface area (Å²) in [5, 5.41) is 5.11. The maximum atomic E-state index is 13.0. The van der Waals surface area contributed by atoms with Gasteiger partial charge in [-0.25, -0.2) is 14.3 Å². The average Bonchev–Trinajstić information content (AvgIpc) is 3.29. The molecule has 144 valence electrons. The summed E-state index contributed by atoms with van der Waals surface area (Å²) in [6.07, 6.45) is 7.10. The van der Waals surface area contributed by atoms with Crippen LogP contribution in [0.25, 0.3) is 38.9 Å². The molecule has 5 rings (SSSR count). The topological polar surface area (TPSA) is 79.8 Å². The standard InChI is InChI=1S/C21H18N6O2/c1-25-12-13(10-24-25)14-8-15-16(9-18(14)29-3)23-11-17-20(15)27(21(28)26(17)2)19-6-4-5-7-22-19/h4-12H,1-3H3.